The van der Waals surface area contributed by atoms with Gasteiger partial charge in [0.05, 0.1) is 6.21 Å². The molecule has 0 aliphatic carbocycles. The van der Waals surface area contributed by atoms with Crippen molar-refractivity contribution < 1.29 is 0 Å². The van der Waals surface area contributed by atoms with Crippen LogP contribution in [0.15, 0.2) is 29.4 Å². The van der Waals surface area contributed by atoms with Crippen LogP contribution >= 0.6 is 12.2 Å². The van der Waals surface area contributed by atoms with Crippen molar-refractivity contribution in [1.82, 2.24) is 10.7 Å². The molecule has 1 aromatic rings. The predicted octanol–water partition coefficient (Wildman–Crippen LogP) is 0.263. The normalized spacial score (nSPS) is 15.9. The van der Waals surface area contributed by atoms with Crippen LogP contribution in [-0.2, 0) is 0 Å². The van der Waals surface area contributed by atoms with Crippen LogP contribution in [0.25, 0.3) is 0 Å². The van der Waals surface area contributed by atoms with Crippen LogP contribution in [-0.4, -0.2) is 37.5 Å². The molecule has 0 unspecified atom stereocenters. The summed E-state index contributed by atoms with van der Waals surface area (Å²) in [4.78, 5) is 2.37. The number of nitrogens with two attached hydrogens (primary N) is 1. The Hall–Kier alpha value is -1.66. The number of benzene rings is 1. The molecular weight excluding hydrogens is 246 g/mol. The van der Waals surface area contributed by atoms with Crippen molar-refractivity contribution in [2.45, 2.75) is 0 Å². The monoisotopic (exact) mass is 263 g/mol. The molecule has 1 aromatic carbocycles. The Kier molecular flexibility index (Phi) is 4.49. The quantitative estimate of drug-likeness (QED) is 0.415. The molecule has 1 saturated heterocycles. The van der Waals surface area contributed by atoms with E-state index in [1.807, 2.05) is 12.1 Å². The molecule has 0 radical (unpaired) electrons. The maximum Gasteiger partial charge on any atom is 0.184 e. The van der Waals surface area contributed by atoms with Gasteiger partial charge in [-0.2, -0.15) is 5.10 Å². The van der Waals surface area contributed by atoms with Crippen molar-refractivity contribution in [3.63, 3.8) is 0 Å². The van der Waals surface area contributed by atoms with Crippen molar-refractivity contribution in [1.29, 1.82) is 0 Å². The van der Waals surface area contributed by atoms with E-state index in [1.165, 1.54) is 5.69 Å². The maximum atomic E-state index is 5.27. The Morgan fingerprint density at radius 1 is 1.33 bits per heavy atom. The van der Waals surface area contributed by atoms with Crippen LogP contribution in [0, 0.1) is 0 Å². The predicted molar refractivity (Wildman–Crippen MR) is 79.0 cm³/mol. The molecule has 0 spiro atoms. The summed E-state index contributed by atoms with van der Waals surface area (Å²) in [7, 11) is 0. The van der Waals surface area contributed by atoms with Crippen molar-refractivity contribution in [3.05, 3.63) is 29.8 Å². The molecule has 1 aliphatic heterocycles. The van der Waals surface area contributed by atoms with Gasteiger partial charge in [-0.3, -0.25) is 5.43 Å². The molecule has 0 bridgehead atoms. The molecular formula is C12H17N5S. The number of hydrogen-bond donors (Lipinski definition) is 3. The summed E-state index contributed by atoms with van der Waals surface area (Å²) in [6.07, 6.45) is 1.70. The van der Waals surface area contributed by atoms with Crippen LogP contribution in [0.5, 0.6) is 0 Å². The third kappa shape index (κ3) is 3.68. The molecule has 1 aliphatic rings. The highest BCUT2D eigenvalue weighted by molar-refractivity contribution is 7.80. The summed E-state index contributed by atoms with van der Waals surface area (Å²) >= 11 is 4.66. The highest BCUT2D eigenvalue weighted by Gasteiger charge is 2.09. The lowest BCUT2D eigenvalue weighted by molar-refractivity contribution is 0.589. The molecule has 1 fully saturated rings. The Morgan fingerprint density at radius 2 is 2.00 bits per heavy atom. The Balaban J connectivity index is 1.96. The van der Waals surface area contributed by atoms with E-state index in [2.05, 4.69) is 45.1 Å². The summed E-state index contributed by atoms with van der Waals surface area (Å²) in [5.41, 5.74) is 10.1. The third-order valence-corrected chi connectivity index (χ3v) is 2.85. The lowest BCUT2D eigenvalue weighted by atomic mass is 10.2. The second-order valence-electron chi connectivity index (χ2n) is 4.06. The Labute approximate surface area is 112 Å². The van der Waals surface area contributed by atoms with Crippen molar-refractivity contribution in [2.24, 2.45) is 10.8 Å². The van der Waals surface area contributed by atoms with Gasteiger partial charge in [0, 0.05) is 31.9 Å². The van der Waals surface area contributed by atoms with Crippen LogP contribution in [0.3, 0.4) is 0 Å². The van der Waals surface area contributed by atoms with E-state index in [0.717, 1.165) is 31.7 Å². The first kappa shape index (κ1) is 12.8. The van der Waals surface area contributed by atoms with Gasteiger partial charge in [-0.05, 0) is 29.9 Å². The van der Waals surface area contributed by atoms with Crippen LogP contribution in [0.4, 0.5) is 5.69 Å². The van der Waals surface area contributed by atoms with E-state index < -0.39 is 0 Å². The summed E-state index contributed by atoms with van der Waals surface area (Å²) in [5, 5.41) is 7.43. The van der Waals surface area contributed by atoms with Gasteiger partial charge in [0.25, 0.3) is 0 Å². The number of nitrogens with zero attached hydrogens (tertiary/aromatic N) is 2. The van der Waals surface area contributed by atoms with Crippen LogP contribution < -0.4 is 21.4 Å². The Morgan fingerprint density at radius 3 is 2.61 bits per heavy atom. The second kappa shape index (κ2) is 6.32. The molecule has 0 atom stereocenters. The average Bonchev–Trinajstić information content (AvgIpc) is 2.40. The van der Waals surface area contributed by atoms with Gasteiger partial charge in [-0.1, -0.05) is 12.1 Å². The van der Waals surface area contributed by atoms with Gasteiger partial charge in [0.1, 0.15) is 0 Å². The van der Waals surface area contributed by atoms with Gasteiger partial charge in [0.2, 0.25) is 0 Å². The second-order valence-corrected chi connectivity index (χ2v) is 4.50. The van der Waals surface area contributed by atoms with E-state index in [4.69, 9.17) is 5.73 Å². The molecule has 96 valence electrons. The standard InChI is InChI=1S/C12H17N5S/c13-12(18)16-15-9-10-1-3-11(4-2-10)17-7-5-14-6-8-17/h1-4,9,14H,5-8H2,(H3,13,16,18). The molecule has 0 amide bonds. The number of piperazine rings is 1. The third-order valence-electron chi connectivity index (χ3n) is 2.76. The molecule has 2 rings (SSSR count). The number of thiocarbonyl (C=S) groups is 1. The zero-order valence-corrected chi connectivity index (χ0v) is 10.9. The minimum absolute atomic E-state index is 0.170. The fourth-order valence-corrected chi connectivity index (χ4v) is 1.92. The van der Waals surface area contributed by atoms with Crippen LogP contribution in [0.2, 0.25) is 0 Å². The summed E-state index contributed by atoms with van der Waals surface area (Å²) in [6.45, 7) is 4.19. The van der Waals surface area contributed by atoms with E-state index in [0.29, 0.717) is 0 Å². The number of hydrogen-bond acceptors (Lipinski definition) is 4. The number of rotatable bonds is 3. The zero-order valence-electron chi connectivity index (χ0n) is 10.1. The van der Waals surface area contributed by atoms with Gasteiger partial charge in [-0.15, -0.1) is 0 Å². The molecule has 4 N–H and O–H groups in total. The van der Waals surface area contributed by atoms with Crippen molar-refractivity contribution in [2.75, 3.05) is 31.1 Å². The highest BCUT2D eigenvalue weighted by Crippen LogP contribution is 2.14. The summed E-state index contributed by atoms with van der Waals surface area (Å²) < 4.78 is 0. The van der Waals surface area contributed by atoms with E-state index in [9.17, 15) is 0 Å². The van der Waals surface area contributed by atoms with Gasteiger partial charge >= 0.3 is 0 Å². The molecule has 0 aromatic heterocycles. The smallest absolute Gasteiger partial charge is 0.184 e. The first-order valence-corrected chi connectivity index (χ1v) is 6.31. The van der Waals surface area contributed by atoms with E-state index >= 15 is 0 Å². The first-order valence-electron chi connectivity index (χ1n) is 5.90. The van der Waals surface area contributed by atoms with Gasteiger partial charge < -0.3 is 16.0 Å². The summed E-state index contributed by atoms with van der Waals surface area (Å²) in [6, 6.07) is 8.27. The minimum atomic E-state index is 0.170. The Bertz CT molecular complexity index is 423. The molecule has 1 heterocycles. The molecule has 6 heteroatoms. The lowest BCUT2D eigenvalue weighted by Crippen LogP contribution is -2.43. The number of nitrogens with one attached hydrogen (secondary N) is 2. The van der Waals surface area contributed by atoms with Gasteiger partial charge in [0.15, 0.2) is 5.11 Å². The highest BCUT2D eigenvalue weighted by atomic mass is 32.1. The van der Waals surface area contributed by atoms with Gasteiger partial charge in [-0.25, -0.2) is 0 Å². The number of anilines is 1. The topological polar surface area (TPSA) is 65.7 Å². The summed E-state index contributed by atoms with van der Waals surface area (Å²) in [5.74, 6) is 0. The van der Waals surface area contributed by atoms with Crippen molar-refractivity contribution >= 4 is 29.2 Å². The largest absolute Gasteiger partial charge is 0.375 e. The SMILES string of the molecule is NC(=S)NN=Cc1ccc(N2CCNCC2)cc1. The van der Waals surface area contributed by atoms with E-state index in [-0.39, 0.29) is 5.11 Å². The maximum absolute atomic E-state index is 5.27. The first-order chi connectivity index (χ1) is 8.75. The molecule has 5 nitrogen and oxygen atoms in total. The zero-order chi connectivity index (χ0) is 12.8. The lowest BCUT2D eigenvalue weighted by Gasteiger charge is -2.29. The van der Waals surface area contributed by atoms with Crippen LogP contribution in [0.1, 0.15) is 5.56 Å². The average molecular weight is 263 g/mol. The fraction of sp³-hybridized carbons (Fsp3) is 0.333. The molecule has 0 saturated carbocycles. The molecule has 18 heavy (non-hydrogen) atoms. The van der Waals surface area contributed by atoms with Crippen molar-refractivity contribution in [3.8, 4) is 0 Å². The fourth-order valence-electron chi connectivity index (χ4n) is 1.86. The van der Waals surface area contributed by atoms with E-state index in [1.54, 1.807) is 6.21 Å². The minimum Gasteiger partial charge on any atom is -0.375 e. The number of hydrazone groups is 1.